The Balaban J connectivity index is 1.54. The second-order valence-electron chi connectivity index (χ2n) is 9.02. The molecule has 32 heavy (non-hydrogen) atoms. The van der Waals surface area contributed by atoms with E-state index in [1.54, 1.807) is 0 Å². The molecule has 2 amide bonds. The third-order valence-corrected chi connectivity index (χ3v) is 7.30. The van der Waals surface area contributed by atoms with Crippen molar-refractivity contribution < 1.29 is 14.3 Å². The second-order valence-corrected chi connectivity index (χ2v) is 9.94. The fourth-order valence-corrected chi connectivity index (χ4v) is 5.39. The van der Waals surface area contributed by atoms with Crippen LogP contribution in [0.1, 0.15) is 57.3 Å². The SMILES string of the molecule is COC(=O)NC(C(=O)N1CCC[C@H]1c1ncc(-c2ccc(Br)cc2)[nH]1)C1CCCC(C)C1. The van der Waals surface area contributed by atoms with Crippen molar-refractivity contribution in [3.63, 3.8) is 0 Å². The highest BCUT2D eigenvalue weighted by molar-refractivity contribution is 9.10. The lowest BCUT2D eigenvalue weighted by molar-refractivity contribution is -0.136. The minimum atomic E-state index is -0.563. The van der Waals surface area contributed by atoms with E-state index in [1.165, 1.54) is 13.5 Å². The number of methoxy groups -OCH3 is 1. The predicted molar refractivity (Wildman–Crippen MR) is 126 cm³/mol. The number of nitrogens with one attached hydrogen (secondary N) is 2. The maximum absolute atomic E-state index is 13.7. The minimum Gasteiger partial charge on any atom is -0.453 e. The number of hydrogen-bond acceptors (Lipinski definition) is 4. The molecule has 172 valence electrons. The highest BCUT2D eigenvalue weighted by atomic mass is 79.9. The van der Waals surface area contributed by atoms with Crippen molar-refractivity contribution in [1.82, 2.24) is 20.2 Å². The Bertz CT molecular complexity index is 945. The third-order valence-electron chi connectivity index (χ3n) is 6.78. The highest BCUT2D eigenvalue weighted by Gasteiger charge is 2.40. The van der Waals surface area contributed by atoms with Gasteiger partial charge in [-0.2, -0.15) is 0 Å². The number of benzene rings is 1. The molecule has 1 saturated carbocycles. The first-order valence-electron chi connectivity index (χ1n) is 11.4. The number of rotatable bonds is 5. The number of likely N-dealkylation sites (tertiary alicyclic amines) is 1. The smallest absolute Gasteiger partial charge is 0.407 e. The van der Waals surface area contributed by atoms with Gasteiger partial charge in [0.1, 0.15) is 11.9 Å². The van der Waals surface area contributed by atoms with Crippen LogP contribution in [0, 0.1) is 11.8 Å². The minimum absolute atomic E-state index is 0.0291. The van der Waals surface area contributed by atoms with E-state index in [9.17, 15) is 9.59 Å². The number of carbonyl (C=O) groups excluding carboxylic acids is 2. The van der Waals surface area contributed by atoms with E-state index < -0.39 is 12.1 Å². The molecule has 2 aliphatic rings. The first-order valence-corrected chi connectivity index (χ1v) is 12.2. The summed E-state index contributed by atoms with van der Waals surface area (Å²) in [6.07, 6.45) is 7.18. The monoisotopic (exact) mass is 502 g/mol. The third kappa shape index (κ3) is 5.00. The van der Waals surface area contributed by atoms with Gasteiger partial charge >= 0.3 is 6.09 Å². The van der Waals surface area contributed by atoms with Gasteiger partial charge in [-0.15, -0.1) is 0 Å². The van der Waals surface area contributed by atoms with E-state index in [2.05, 4.69) is 38.1 Å². The largest absolute Gasteiger partial charge is 0.453 e. The summed E-state index contributed by atoms with van der Waals surface area (Å²) < 4.78 is 5.86. The van der Waals surface area contributed by atoms with Crippen LogP contribution in [0.4, 0.5) is 4.79 Å². The van der Waals surface area contributed by atoms with Gasteiger partial charge in [0.2, 0.25) is 5.91 Å². The number of nitrogens with zero attached hydrogens (tertiary/aromatic N) is 2. The Morgan fingerprint density at radius 1 is 1.22 bits per heavy atom. The van der Waals surface area contributed by atoms with Crippen molar-refractivity contribution in [2.45, 2.75) is 57.5 Å². The molecule has 4 atom stereocenters. The molecule has 1 aliphatic heterocycles. The van der Waals surface area contributed by atoms with Gasteiger partial charge in [-0.25, -0.2) is 9.78 Å². The van der Waals surface area contributed by atoms with Gasteiger partial charge in [0, 0.05) is 11.0 Å². The Morgan fingerprint density at radius 2 is 2.00 bits per heavy atom. The second kappa shape index (κ2) is 10.1. The van der Waals surface area contributed by atoms with E-state index in [0.29, 0.717) is 12.5 Å². The molecule has 2 heterocycles. The maximum Gasteiger partial charge on any atom is 0.407 e. The van der Waals surface area contributed by atoms with Crippen LogP contribution in [0.25, 0.3) is 11.3 Å². The zero-order chi connectivity index (χ0) is 22.7. The average molecular weight is 503 g/mol. The topological polar surface area (TPSA) is 87.3 Å². The number of aromatic nitrogens is 2. The number of imidazole rings is 1. The lowest BCUT2D eigenvalue weighted by atomic mass is 9.78. The van der Waals surface area contributed by atoms with Crippen LogP contribution in [0.5, 0.6) is 0 Å². The standard InChI is InChI=1S/C24H31BrN4O3/c1-15-5-3-6-17(13-15)21(28-24(31)32-2)23(30)29-12-4-7-20(29)22-26-14-19(27-22)16-8-10-18(25)11-9-16/h8-11,14-15,17,20-21H,3-7,12-13H2,1-2H3,(H,26,27)(H,28,31)/t15?,17?,20-,21?/m0/s1. The molecule has 0 bridgehead atoms. The molecular weight excluding hydrogens is 472 g/mol. The van der Waals surface area contributed by atoms with Gasteiger partial charge in [0.15, 0.2) is 0 Å². The first kappa shape index (κ1) is 22.8. The van der Waals surface area contributed by atoms with E-state index in [0.717, 1.165) is 53.7 Å². The molecule has 2 fully saturated rings. The summed E-state index contributed by atoms with van der Waals surface area (Å²) >= 11 is 3.46. The fraction of sp³-hybridized carbons (Fsp3) is 0.542. The zero-order valence-corrected chi connectivity index (χ0v) is 20.2. The Labute approximate surface area is 197 Å². The fourth-order valence-electron chi connectivity index (χ4n) is 5.13. The van der Waals surface area contributed by atoms with E-state index in [1.807, 2.05) is 35.4 Å². The maximum atomic E-state index is 13.7. The van der Waals surface area contributed by atoms with Crippen molar-refractivity contribution in [3.8, 4) is 11.3 Å². The van der Waals surface area contributed by atoms with Crippen LogP contribution in [0.3, 0.4) is 0 Å². The van der Waals surface area contributed by atoms with Gasteiger partial charge in [0.25, 0.3) is 0 Å². The molecule has 1 saturated heterocycles. The highest BCUT2D eigenvalue weighted by Crippen LogP contribution is 2.36. The molecule has 4 rings (SSSR count). The van der Waals surface area contributed by atoms with Crippen molar-refractivity contribution in [3.05, 3.63) is 40.8 Å². The number of amides is 2. The number of hydrogen-bond donors (Lipinski definition) is 2. The molecule has 0 radical (unpaired) electrons. The molecule has 1 aromatic heterocycles. The quantitative estimate of drug-likeness (QED) is 0.598. The number of aromatic amines is 1. The molecule has 7 nitrogen and oxygen atoms in total. The Hall–Kier alpha value is -2.35. The normalized spacial score (nSPS) is 24.2. The number of ether oxygens (including phenoxy) is 1. The summed E-state index contributed by atoms with van der Waals surface area (Å²) in [6.45, 7) is 2.89. The lowest BCUT2D eigenvalue weighted by Crippen LogP contribution is -2.53. The number of H-pyrrole nitrogens is 1. The van der Waals surface area contributed by atoms with Crippen molar-refractivity contribution in [1.29, 1.82) is 0 Å². The van der Waals surface area contributed by atoms with Gasteiger partial charge in [-0.1, -0.05) is 47.8 Å². The van der Waals surface area contributed by atoms with Gasteiger partial charge in [0.05, 0.1) is 25.0 Å². The number of carbonyl (C=O) groups is 2. The van der Waals surface area contributed by atoms with Crippen molar-refractivity contribution in [2.75, 3.05) is 13.7 Å². The molecule has 0 spiro atoms. The van der Waals surface area contributed by atoms with Crippen LogP contribution < -0.4 is 5.32 Å². The Kier molecular flexibility index (Phi) is 7.18. The molecular formula is C24H31BrN4O3. The van der Waals surface area contributed by atoms with Crippen molar-refractivity contribution in [2.24, 2.45) is 11.8 Å². The lowest BCUT2D eigenvalue weighted by Gasteiger charge is -2.36. The molecule has 1 aliphatic carbocycles. The summed E-state index contributed by atoms with van der Waals surface area (Å²) in [5.74, 6) is 1.44. The summed E-state index contributed by atoms with van der Waals surface area (Å²) in [4.78, 5) is 35.7. The molecule has 2 aromatic rings. The predicted octanol–water partition coefficient (Wildman–Crippen LogP) is 5.05. The first-order chi connectivity index (χ1) is 15.5. The number of halogens is 1. The van der Waals surface area contributed by atoms with Gasteiger partial charge in [-0.3, -0.25) is 4.79 Å². The average Bonchev–Trinajstić information content (AvgIpc) is 3.47. The summed E-state index contributed by atoms with van der Waals surface area (Å²) in [6, 6.07) is 7.37. The van der Waals surface area contributed by atoms with E-state index in [-0.39, 0.29) is 17.9 Å². The van der Waals surface area contributed by atoms with Crippen molar-refractivity contribution >= 4 is 27.9 Å². The summed E-state index contributed by atoms with van der Waals surface area (Å²) in [7, 11) is 1.34. The van der Waals surface area contributed by atoms with Gasteiger partial charge < -0.3 is 19.9 Å². The van der Waals surface area contributed by atoms with Crippen LogP contribution in [0.15, 0.2) is 34.9 Å². The van der Waals surface area contributed by atoms with Crippen LogP contribution in [-0.2, 0) is 9.53 Å². The van der Waals surface area contributed by atoms with Gasteiger partial charge in [-0.05, 0) is 55.2 Å². The molecule has 8 heteroatoms. The molecule has 1 aromatic carbocycles. The van der Waals surface area contributed by atoms with Crippen LogP contribution in [-0.4, -0.2) is 46.6 Å². The number of alkyl carbamates (subject to hydrolysis) is 1. The van der Waals surface area contributed by atoms with E-state index >= 15 is 0 Å². The zero-order valence-electron chi connectivity index (χ0n) is 18.6. The Morgan fingerprint density at radius 3 is 2.72 bits per heavy atom. The summed E-state index contributed by atoms with van der Waals surface area (Å²) in [5, 5.41) is 2.85. The molecule has 2 N–H and O–H groups in total. The van der Waals surface area contributed by atoms with Crippen LogP contribution >= 0.6 is 15.9 Å². The summed E-state index contributed by atoms with van der Waals surface area (Å²) in [5.41, 5.74) is 1.97. The molecule has 3 unspecified atom stereocenters. The van der Waals surface area contributed by atoms with Crippen LogP contribution in [0.2, 0.25) is 0 Å². The van der Waals surface area contributed by atoms with E-state index in [4.69, 9.17) is 4.74 Å².